The number of allylic oxidation sites excluding steroid dienone is 7. The Morgan fingerprint density at radius 3 is 2.36 bits per heavy atom. The van der Waals surface area contributed by atoms with E-state index in [0.29, 0.717) is 16.7 Å². The summed E-state index contributed by atoms with van der Waals surface area (Å²) in [6, 6.07) is 4.30. The third-order valence-corrected chi connectivity index (χ3v) is 12.2. The standard InChI is InChI=1S/C33H43NO2/c1-22-23-9-10-26-31(4,24(23)19-25(35)28(22)36)14-16-33(6)27-20-29(2,21-34-17-7-8-18-34)11-12-30(27,3)13-15-32(26,33)5/h7-10,17-19,27,36H,11-16,20-21H2,1-6H3/t27-,29-,30+,31+,32-,33+/m1/s1. The zero-order valence-corrected chi connectivity index (χ0v) is 23.1. The van der Waals surface area contributed by atoms with Crippen molar-refractivity contribution in [3.63, 3.8) is 0 Å². The van der Waals surface area contributed by atoms with Crippen LogP contribution in [0.15, 0.2) is 70.8 Å². The molecule has 0 amide bonds. The second-order valence-electron chi connectivity index (χ2n) is 14.2. The molecule has 1 aromatic heterocycles. The van der Waals surface area contributed by atoms with Crippen LogP contribution in [0.5, 0.6) is 0 Å². The quantitative estimate of drug-likeness (QED) is 0.460. The molecule has 192 valence electrons. The molecule has 0 spiro atoms. The van der Waals surface area contributed by atoms with Crippen LogP contribution in [0.1, 0.15) is 86.5 Å². The molecule has 5 aliphatic carbocycles. The van der Waals surface area contributed by atoms with Crippen molar-refractivity contribution in [3.05, 3.63) is 70.8 Å². The number of carbonyl (C=O) groups is 1. The van der Waals surface area contributed by atoms with Crippen LogP contribution in [0, 0.1) is 33.0 Å². The molecular weight excluding hydrogens is 442 g/mol. The van der Waals surface area contributed by atoms with Gasteiger partial charge in [0.15, 0.2) is 5.76 Å². The highest BCUT2D eigenvalue weighted by Gasteiger charge is 2.66. The highest BCUT2D eigenvalue weighted by molar-refractivity contribution is 6.06. The summed E-state index contributed by atoms with van der Waals surface area (Å²) in [7, 11) is 0. The van der Waals surface area contributed by atoms with E-state index < -0.39 is 0 Å². The maximum absolute atomic E-state index is 12.7. The van der Waals surface area contributed by atoms with Crippen LogP contribution in [0.25, 0.3) is 0 Å². The van der Waals surface area contributed by atoms with Gasteiger partial charge in [-0.1, -0.05) is 52.3 Å². The average molecular weight is 486 g/mol. The van der Waals surface area contributed by atoms with Crippen LogP contribution < -0.4 is 0 Å². The third-order valence-electron chi connectivity index (χ3n) is 12.2. The number of nitrogens with zero attached hydrogens (tertiary/aromatic N) is 1. The Balaban J connectivity index is 1.42. The minimum atomic E-state index is -0.232. The van der Waals surface area contributed by atoms with E-state index in [1.165, 1.54) is 44.1 Å². The molecule has 3 saturated carbocycles. The van der Waals surface area contributed by atoms with Crippen LogP contribution in [0.2, 0.25) is 0 Å². The van der Waals surface area contributed by atoms with Gasteiger partial charge in [0, 0.05) is 29.9 Å². The second kappa shape index (κ2) is 7.39. The number of aromatic nitrogens is 1. The van der Waals surface area contributed by atoms with Gasteiger partial charge in [0.2, 0.25) is 5.78 Å². The van der Waals surface area contributed by atoms with E-state index in [4.69, 9.17) is 0 Å². The predicted molar refractivity (Wildman–Crippen MR) is 145 cm³/mol. The molecule has 5 aliphatic rings. The Labute approximate surface area is 217 Å². The highest BCUT2D eigenvalue weighted by atomic mass is 16.3. The van der Waals surface area contributed by atoms with Gasteiger partial charge in [-0.2, -0.15) is 0 Å². The van der Waals surface area contributed by atoms with Crippen molar-refractivity contribution in [1.29, 1.82) is 0 Å². The van der Waals surface area contributed by atoms with E-state index in [-0.39, 0.29) is 27.8 Å². The molecule has 0 radical (unpaired) electrons. The zero-order chi connectivity index (χ0) is 25.7. The van der Waals surface area contributed by atoms with E-state index in [1.54, 1.807) is 6.08 Å². The molecule has 0 bridgehead atoms. The summed E-state index contributed by atoms with van der Waals surface area (Å²) in [5.41, 5.74) is 5.35. The first-order valence-corrected chi connectivity index (χ1v) is 14.1. The molecule has 36 heavy (non-hydrogen) atoms. The SMILES string of the molecule is CC1=C(O)C(=O)C=C2C1=CC=C1[C@@]2(C)CC[C@@]2(C)[C@@H]3C[C@](C)(Cn4cccc4)CC[C@@]3(C)CC[C@]12C. The van der Waals surface area contributed by atoms with Crippen molar-refractivity contribution in [3.8, 4) is 0 Å². The van der Waals surface area contributed by atoms with Crippen LogP contribution in [-0.2, 0) is 11.3 Å². The number of aliphatic hydroxyl groups excluding tert-OH is 1. The molecule has 1 aromatic rings. The minimum Gasteiger partial charge on any atom is -0.504 e. The summed E-state index contributed by atoms with van der Waals surface area (Å²) >= 11 is 0. The molecule has 1 heterocycles. The van der Waals surface area contributed by atoms with Gasteiger partial charge < -0.3 is 9.67 Å². The van der Waals surface area contributed by atoms with Gasteiger partial charge in [0.05, 0.1) is 0 Å². The summed E-state index contributed by atoms with van der Waals surface area (Å²) < 4.78 is 2.39. The van der Waals surface area contributed by atoms with Gasteiger partial charge >= 0.3 is 0 Å². The predicted octanol–water partition coefficient (Wildman–Crippen LogP) is 8.11. The minimum absolute atomic E-state index is 0.0880. The van der Waals surface area contributed by atoms with Crippen molar-refractivity contribution >= 4 is 5.78 Å². The lowest BCUT2D eigenvalue weighted by Crippen LogP contribution is -2.61. The Hall–Kier alpha value is -2.29. The van der Waals surface area contributed by atoms with Gasteiger partial charge in [-0.15, -0.1) is 0 Å². The third kappa shape index (κ3) is 3.01. The molecule has 3 heteroatoms. The molecule has 1 N–H and O–H groups in total. The first kappa shape index (κ1) is 24.1. The van der Waals surface area contributed by atoms with E-state index in [1.807, 2.05) is 6.92 Å². The fourth-order valence-electron chi connectivity index (χ4n) is 9.58. The Kier molecular flexibility index (Phi) is 4.94. The van der Waals surface area contributed by atoms with Crippen LogP contribution in [0.4, 0.5) is 0 Å². The van der Waals surface area contributed by atoms with Gasteiger partial charge in [-0.25, -0.2) is 0 Å². The Morgan fingerprint density at radius 2 is 1.64 bits per heavy atom. The number of hydrogen-bond acceptors (Lipinski definition) is 2. The van der Waals surface area contributed by atoms with Gasteiger partial charge in [-0.3, -0.25) is 4.79 Å². The summed E-state index contributed by atoms with van der Waals surface area (Å²) in [5.74, 6) is 0.362. The fraction of sp³-hybridized carbons (Fsp3) is 0.606. The number of hydrogen-bond donors (Lipinski definition) is 1. The molecule has 3 fully saturated rings. The topological polar surface area (TPSA) is 42.2 Å². The summed E-state index contributed by atoms with van der Waals surface area (Å²) in [6.45, 7) is 15.7. The summed E-state index contributed by atoms with van der Waals surface area (Å²) in [6.07, 6.45) is 19.5. The van der Waals surface area contributed by atoms with Crippen molar-refractivity contribution in [2.75, 3.05) is 0 Å². The van der Waals surface area contributed by atoms with Crippen molar-refractivity contribution in [1.82, 2.24) is 4.57 Å². The van der Waals surface area contributed by atoms with Crippen LogP contribution in [-0.4, -0.2) is 15.5 Å². The maximum atomic E-state index is 12.7. The van der Waals surface area contributed by atoms with Crippen molar-refractivity contribution in [2.24, 2.45) is 33.0 Å². The molecular formula is C33H43NO2. The summed E-state index contributed by atoms with van der Waals surface area (Å²) in [5, 5.41) is 10.4. The number of rotatable bonds is 2. The second-order valence-corrected chi connectivity index (χ2v) is 14.2. The molecule has 0 aliphatic heterocycles. The molecule has 0 unspecified atom stereocenters. The smallest absolute Gasteiger partial charge is 0.220 e. The lowest BCUT2D eigenvalue weighted by atomic mass is 9.34. The number of aliphatic hydroxyl groups is 1. The Bertz CT molecular complexity index is 1260. The lowest BCUT2D eigenvalue weighted by molar-refractivity contribution is -0.163. The normalized spacial score (nSPS) is 44.0. The monoisotopic (exact) mass is 485 g/mol. The van der Waals surface area contributed by atoms with Crippen LogP contribution >= 0.6 is 0 Å². The van der Waals surface area contributed by atoms with Gasteiger partial charge in [0.25, 0.3) is 0 Å². The van der Waals surface area contributed by atoms with E-state index in [9.17, 15) is 9.90 Å². The summed E-state index contributed by atoms with van der Waals surface area (Å²) in [4.78, 5) is 12.7. The maximum Gasteiger partial charge on any atom is 0.220 e. The Morgan fingerprint density at radius 1 is 0.944 bits per heavy atom. The highest BCUT2D eigenvalue weighted by Crippen LogP contribution is 2.75. The van der Waals surface area contributed by atoms with E-state index in [2.05, 4.69) is 75.9 Å². The first-order valence-electron chi connectivity index (χ1n) is 14.1. The number of carbonyl (C=O) groups excluding carboxylic acids is 1. The van der Waals surface area contributed by atoms with Crippen molar-refractivity contribution in [2.45, 2.75) is 93.0 Å². The molecule has 6 atom stereocenters. The number of ketones is 1. The molecule has 3 nitrogen and oxygen atoms in total. The van der Waals surface area contributed by atoms with E-state index in [0.717, 1.165) is 29.7 Å². The lowest BCUT2D eigenvalue weighted by Gasteiger charge is -2.70. The zero-order valence-electron chi connectivity index (χ0n) is 23.1. The molecule has 0 aromatic carbocycles. The average Bonchev–Trinajstić information content (AvgIpc) is 3.34. The van der Waals surface area contributed by atoms with Gasteiger partial charge in [-0.05, 0) is 109 Å². The number of fused-ring (bicyclic) bond motifs is 7. The van der Waals surface area contributed by atoms with E-state index >= 15 is 0 Å². The van der Waals surface area contributed by atoms with Crippen LogP contribution in [0.3, 0.4) is 0 Å². The first-order chi connectivity index (χ1) is 16.9. The molecule has 6 rings (SSSR count). The fourth-order valence-corrected chi connectivity index (χ4v) is 9.58. The largest absolute Gasteiger partial charge is 0.504 e. The van der Waals surface area contributed by atoms with Gasteiger partial charge in [0.1, 0.15) is 0 Å². The molecule has 0 saturated heterocycles. The van der Waals surface area contributed by atoms with Crippen molar-refractivity contribution < 1.29 is 9.90 Å².